The van der Waals surface area contributed by atoms with E-state index < -0.39 is 17.7 Å². The van der Waals surface area contributed by atoms with Crippen molar-refractivity contribution < 1.29 is 13.2 Å². The van der Waals surface area contributed by atoms with Crippen molar-refractivity contribution in [3.8, 4) is 12.1 Å². The Morgan fingerprint density at radius 2 is 1.80 bits per heavy atom. The maximum atomic E-state index is 12.5. The Bertz CT molecular complexity index is 589. The summed E-state index contributed by atoms with van der Waals surface area (Å²) in [4.78, 5) is 3.79. The van der Waals surface area contributed by atoms with Crippen LogP contribution >= 0.6 is 23.2 Å². The number of nitrogens with zero attached hydrogens (tertiary/aromatic N) is 3. The third-order valence-electron chi connectivity index (χ3n) is 2.20. The van der Waals surface area contributed by atoms with Gasteiger partial charge in [-0.3, -0.25) is 4.99 Å². The molecule has 0 bridgehead atoms. The molecule has 0 N–H and O–H groups in total. The number of nitriles is 2. The second-order valence-corrected chi connectivity index (χ2v) is 4.48. The predicted molar refractivity (Wildman–Crippen MR) is 68.9 cm³/mol. The van der Waals surface area contributed by atoms with Crippen LogP contribution in [0.3, 0.4) is 0 Å². The number of aliphatic imine (C=N–C) groups is 1. The molecule has 0 amide bonds. The zero-order valence-electron chi connectivity index (χ0n) is 9.75. The minimum atomic E-state index is -4.56. The van der Waals surface area contributed by atoms with Gasteiger partial charge in [-0.1, -0.05) is 23.2 Å². The molecule has 0 aliphatic rings. The van der Waals surface area contributed by atoms with Crippen molar-refractivity contribution in [1.29, 1.82) is 10.5 Å². The van der Waals surface area contributed by atoms with Crippen molar-refractivity contribution in [2.75, 3.05) is 0 Å². The molecular formula is C12H6Cl2F3N3. The van der Waals surface area contributed by atoms with Crippen molar-refractivity contribution in [3.63, 3.8) is 0 Å². The fourth-order valence-electron chi connectivity index (χ4n) is 1.25. The third kappa shape index (κ3) is 4.12. The fraction of sp³-hybridized carbons (Fsp3) is 0.250. The Balaban J connectivity index is 3.13. The van der Waals surface area contributed by atoms with Crippen molar-refractivity contribution >= 4 is 35.1 Å². The molecule has 0 saturated carbocycles. The van der Waals surface area contributed by atoms with Gasteiger partial charge < -0.3 is 0 Å². The van der Waals surface area contributed by atoms with Gasteiger partial charge in [0.15, 0.2) is 0 Å². The molecule has 1 atom stereocenters. The van der Waals surface area contributed by atoms with E-state index in [0.717, 1.165) is 6.21 Å². The maximum absolute atomic E-state index is 12.5. The lowest BCUT2D eigenvalue weighted by molar-refractivity contribution is -0.137. The van der Waals surface area contributed by atoms with E-state index in [9.17, 15) is 13.2 Å². The number of benzene rings is 1. The highest BCUT2D eigenvalue weighted by Gasteiger charge is 2.31. The average molecular weight is 320 g/mol. The maximum Gasteiger partial charge on any atom is 0.416 e. The molecule has 20 heavy (non-hydrogen) atoms. The minimum absolute atomic E-state index is 0.0699. The molecule has 1 unspecified atom stereocenters. The van der Waals surface area contributed by atoms with E-state index in [0.29, 0.717) is 12.1 Å². The topological polar surface area (TPSA) is 59.9 Å². The van der Waals surface area contributed by atoms with E-state index in [1.807, 2.05) is 6.07 Å². The number of rotatable bonds is 3. The second kappa shape index (κ2) is 6.60. The molecule has 1 rings (SSSR count). The Hall–Kier alpha value is -1.76. The van der Waals surface area contributed by atoms with E-state index in [1.54, 1.807) is 6.07 Å². The van der Waals surface area contributed by atoms with Crippen molar-refractivity contribution in [2.45, 2.75) is 12.6 Å². The summed E-state index contributed by atoms with van der Waals surface area (Å²) >= 11 is 11.4. The zero-order valence-corrected chi connectivity index (χ0v) is 11.3. The molecule has 0 spiro atoms. The molecule has 8 heteroatoms. The quantitative estimate of drug-likeness (QED) is 0.753. The summed E-state index contributed by atoms with van der Waals surface area (Å²) < 4.78 is 37.5. The molecule has 0 saturated heterocycles. The van der Waals surface area contributed by atoms with Gasteiger partial charge in [0.1, 0.15) is 0 Å². The van der Waals surface area contributed by atoms with E-state index in [2.05, 4.69) is 4.99 Å². The van der Waals surface area contributed by atoms with Gasteiger partial charge in [-0.2, -0.15) is 23.7 Å². The number of alkyl halides is 3. The standard InChI is InChI=1S/C12H6Cl2F3N3/c13-9-3-8(12(15,16)17)4-10(14)11(9)20-6-7(5-19)1-2-18/h3-4,6-7H,1H2. The molecule has 104 valence electrons. The number of hydrogen-bond acceptors (Lipinski definition) is 3. The van der Waals surface area contributed by atoms with Crippen molar-refractivity contribution in [1.82, 2.24) is 0 Å². The molecule has 0 fully saturated rings. The third-order valence-corrected chi connectivity index (χ3v) is 2.78. The van der Waals surface area contributed by atoms with Gasteiger partial charge in [0.2, 0.25) is 0 Å². The Morgan fingerprint density at radius 1 is 1.25 bits per heavy atom. The fourth-order valence-corrected chi connectivity index (χ4v) is 1.83. The van der Waals surface area contributed by atoms with Crippen LogP contribution in [0.2, 0.25) is 10.0 Å². The van der Waals surface area contributed by atoms with Crippen molar-refractivity contribution in [3.05, 3.63) is 27.7 Å². The van der Waals surface area contributed by atoms with Crippen LogP contribution < -0.4 is 0 Å². The second-order valence-electron chi connectivity index (χ2n) is 3.66. The molecule has 1 aromatic rings. The van der Waals surface area contributed by atoms with Crippen LogP contribution in [-0.4, -0.2) is 6.21 Å². The smallest absolute Gasteiger partial charge is 0.257 e. The van der Waals surface area contributed by atoms with Gasteiger partial charge in [0.05, 0.1) is 45.8 Å². The van der Waals surface area contributed by atoms with Gasteiger partial charge in [0.25, 0.3) is 0 Å². The minimum Gasteiger partial charge on any atom is -0.257 e. The Morgan fingerprint density at radius 3 is 2.20 bits per heavy atom. The van der Waals surface area contributed by atoms with Crippen LogP contribution in [0.15, 0.2) is 17.1 Å². The monoisotopic (exact) mass is 319 g/mol. The Labute approximate surface area is 122 Å². The van der Waals surface area contributed by atoms with Gasteiger partial charge >= 0.3 is 6.18 Å². The Kier molecular flexibility index (Phi) is 5.38. The van der Waals surface area contributed by atoms with Crippen LogP contribution in [0.1, 0.15) is 12.0 Å². The lowest BCUT2D eigenvalue weighted by atomic mass is 10.1. The van der Waals surface area contributed by atoms with E-state index in [-0.39, 0.29) is 22.2 Å². The summed E-state index contributed by atoms with van der Waals surface area (Å²) in [6, 6.07) is 4.99. The number of hydrogen-bond donors (Lipinski definition) is 0. The predicted octanol–water partition coefficient (Wildman–Crippen LogP) is 4.77. The summed E-state index contributed by atoms with van der Waals surface area (Å²) in [5.74, 6) is -0.783. The van der Waals surface area contributed by atoms with Gasteiger partial charge in [-0.05, 0) is 12.1 Å². The van der Waals surface area contributed by atoms with E-state index >= 15 is 0 Å². The zero-order chi connectivity index (χ0) is 15.3. The SMILES string of the molecule is N#CCC(C#N)C=Nc1c(Cl)cc(C(F)(F)F)cc1Cl. The summed E-state index contributed by atoms with van der Waals surface area (Å²) in [5, 5.41) is 16.6. The first-order chi connectivity index (χ1) is 9.29. The molecular weight excluding hydrogens is 314 g/mol. The molecule has 1 aromatic carbocycles. The summed E-state index contributed by atoms with van der Waals surface area (Å²) in [6.45, 7) is 0. The van der Waals surface area contributed by atoms with Gasteiger partial charge in [-0.25, -0.2) is 0 Å². The van der Waals surface area contributed by atoms with Crippen LogP contribution in [0.5, 0.6) is 0 Å². The van der Waals surface area contributed by atoms with Crippen LogP contribution in [-0.2, 0) is 6.18 Å². The van der Waals surface area contributed by atoms with Crippen LogP contribution in [0.25, 0.3) is 0 Å². The van der Waals surface area contributed by atoms with Crippen molar-refractivity contribution in [2.24, 2.45) is 10.9 Å². The first kappa shape index (κ1) is 16.3. The largest absolute Gasteiger partial charge is 0.416 e. The first-order valence-electron chi connectivity index (χ1n) is 5.16. The molecule has 0 heterocycles. The lowest BCUT2D eigenvalue weighted by Crippen LogP contribution is -2.04. The normalized spacial score (nSPS) is 12.9. The van der Waals surface area contributed by atoms with E-state index in [1.165, 1.54) is 0 Å². The molecule has 0 aliphatic heterocycles. The van der Waals surface area contributed by atoms with Crippen LogP contribution in [0, 0.1) is 28.6 Å². The lowest BCUT2D eigenvalue weighted by Gasteiger charge is -2.09. The average Bonchev–Trinajstić information content (AvgIpc) is 2.35. The highest BCUT2D eigenvalue weighted by molar-refractivity contribution is 6.39. The molecule has 0 radical (unpaired) electrons. The van der Waals surface area contributed by atoms with Crippen LogP contribution in [0.4, 0.5) is 18.9 Å². The molecule has 0 aliphatic carbocycles. The number of halogens is 5. The molecule has 3 nitrogen and oxygen atoms in total. The van der Waals surface area contributed by atoms with E-state index in [4.69, 9.17) is 33.7 Å². The first-order valence-corrected chi connectivity index (χ1v) is 5.92. The van der Waals surface area contributed by atoms with Gasteiger partial charge in [0, 0.05) is 6.21 Å². The summed E-state index contributed by atoms with van der Waals surface area (Å²) in [7, 11) is 0. The summed E-state index contributed by atoms with van der Waals surface area (Å²) in [6.07, 6.45) is -3.52. The summed E-state index contributed by atoms with van der Waals surface area (Å²) in [5.41, 5.74) is -1.06. The highest BCUT2D eigenvalue weighted by Crippen LogP contribution is 2.39. The molecule has 0 aromatic heterocycles. The van der Waals surface area contributed by atoms with Gasteiger partial charge in [-0.15, -0.1) is 0 Å². The highest BCUT2D eigenvalue weighted by atomic mass is 35.5.